The number of benzene rings is 1. The summed E-state index contributed by atoms with van der Waals surface area (Å²) in [4.78, 5) is 4.39. The molecule has 1 aliphatic heterocycles. The minimum absolute atomic E-state index is 0.0919. The summed E-state index contributed by atoms with van der Waals surface area (Å²) in [6.45, 7) is 1.00. The summed E-state index contributed by atoms with van der Waals surface area (Å²) in [7, 11) is -3.61. The molecule has 3 rings (SSSR count). The Morgan fingerprint density at radius 3 is 2.83 bits per heavy atom. The number of fused-ring (bicyclic) bond motifs is 1. The van der Waals surface area contributed by atoms with Crippen LogP contribution in [0.15, 0.2) is 33.0 Å². The monoisotopic (exact) mass is 355 g/mol. The Bertz CT molecular complexity index is 740. The minimum atomic E-state index is -3.67. The highest BCUT2D eigenvalue weighted by atomic mass is 32.2. The van der Waals surface area contributed by atoms with Gasteiger partial charge in [-0.15, -0.1) is 0 Å². The van der Waals surface area contributed by atoms with E-state index >= 15 is 0 Å². The topological polar surface area (TPSA) is 78.8 Å². The Labute approximate surface area is 139 Å². The van der Waals surface area contributed by atoms with E-state index < -0.39 is 20.8 Å². The van der Waals surface area contributed by atoms with Crippen LogP contribution in [0.1, 0.15) is 25.7 Å². The van der Waals surface area contributed by atoms with Gasteiger partial charge in [-0.1, -0.05) is 18.9 Å². The number of hydrogen-bond donors (Lipinski definition) is 1. The lowest BCUT2D eigenvalue weighted by molar-refractivity contribution is 0.434. The number of aliphatic imine (C=N–C) groups is 1. The maximum Gasteiger partial charge on any atom is 0.244 e. The van der Waals surface area contributed by atoms with Gasteiger partial charge in [-0.3, -0.25) is 0 Å². The van der Waals surface area contributed by atoms with Gasteiger partial charge in [0.15, 0.2) is 0 Å². The largest absolute Gasteiger partial charge is 0.313 e. The first-order valence-corrected chi connectivity index (χ1v) is 10.4. The fourth-order valence-corrected chi connectivity index (χ4v) is 5.74. The molecule has 1 aromatic carbocycles. The average Bonchev–Trinajstić information content (AvgIpc) is 3.17. The maximum atomic E-state index is 12.8. The second-order valence-corrected chi connectivity index (χ2v) is 9.13. The first kappa shape index (κ1) is 16.8. The molecule has 0 spiro atoms. The van der Waals surface area contributed by atoms with Crippen LogP contribution >= 0.6 is 0 Å². The Kier molecular flexibility index (Phi) is 4.96. The van der Waals surface area contributed by atoms with Gasteiger partial charge in [-0.2, -0.15) is 4.31 Å². The van der Waals surface area contributed by atoms with E-state index in [1.165, 1.54) is 41.6 Å². The fraction of sp³-hybridized carbons (Fsp3) is 0.533. The molecule has 1 saturated carbocycles. The van der Waals surface area contributed by atoms with Crippen molar-refractivity contribution in [2.24, 2.45) is 4.99 Å². The van der Waals surface area contributed by atoms with Crippen LogP contribution in [0.5, 0.6) is 0 Å². The van der Waals surface area contributed by atoms with Gasteiger partial charge in [0.2, 0.25) is 10.0 Å². The van der Waals surface area contributed by atoms with Gasteiger partial charge < -0.3 is 5.32 Å². The zero-order chi connectivity index (χ0) is 16.4. The summed E-state index contributed by atoms with van der Waals surface area (Å²) in [6.07, 6.45) is 4.82. The summed E-state index contributed by atoms with van der Waals surface area (Å²) in [6, 6.07) is 5.32. The summed E-state index contributed by atoms with van der Waals surface area (Å²) >= 11 is 0. The molecule has 1 aliphatic carbocycles. The van der Waals surface area contributed by atoms with Crippen LogP contribution in [-0.2, 0) is 20.8 Å². The lowest BCUT2D eigenvalue weighted by atomic mass is 10.2. The summed E-state index contributed by atoms with van der Waals surface area (Å²) in [5.74, 6) is 0. The standard InChI is InChI=1S/C15H21N3O3S2/c1-18(10-9-16-12-5-2-3-6-12)23(20,21)14-8-4-7-13-15(14)22(19)11-17-13/h4,7-8,11-12,16H,2-3,5-6,9-10H2,1H3. The maximum absolute atomic E-state index is 12.8. The zero-order valence-electron chi connectivity index (χ0n) is 13.1. The van der Waals surface area contributed by atoms with E-state index in [4.69, 9.17) is 0 Å². The Hall–Kier alpha value is -1.09. The van der Waals surface area contributed by atoms with Crippen molar-refractivity contribution in [1.29, 1.82) is 0 Å². The lowest BCUT2D eigenvalue weighted by Gasteiger charge is -2.20. The van der Waals surface area contributed by atoms with Gasteiger partial charge >= 0.3 is 0 Å². The van der Waals surface area contributed by atoms with Crippen LogP contribution in [0.4, 0.5) is 5.69 Å². The molecular formula is C15H21N3O3S2. The van der Waals surface area contributed by atoms with Crippen molar-refractivity contribution in [3.63, 3.8) is 0 Å². The van der Waals surface area contributed by atoms with Gasteiger partial charge in [-0.25, -0.2) is 17.6 Å². The van der Waals surface area contributed by atoms with Crippen molar-refractivity contribution in [1.82, 2.24) is 9.62 Å². The van der Waals surface area contributed by atoms with Crippen LogP contribution in [0.25, 0.3) is 0 Å². The van der Waals surface area contributed by atoms with Crippen LogP contribution in [0.3, 0.4) is 0 Å². The van der Waals surface area contributed by atoms with E-state index in [0.717, 1.165) is 0 Å². The number of hydrogen-bond acceptors (Lipinski definition) is 5. The number of rotatable bonds is 6. The second-order valence-electron chi connectivity index (χ2n) is 5.90. The normalized spacial score (nSPS) is 21.2. The molecule has 126 valence electrons. The number of nitrogens with one attached hydrogen (secondary N) is 1. The van der Waals surface area contributed by atoms with E-state index in [2.05, 4.69) is 10.3 Å². The predicted molar refractivity (Wildman–Crippen MR) is 91.1 cm³/mol. The smallest absolute Gasteiger partial charge is 0.244 e. The average molecular weight is 355 g/mol. The number of sulfonamides is 1. The van der Waals surface area contributed by atoms with Gasteiger partial charge in [0.05, 0.1) is 26.9 Å². The van der Waals surface area contributed by atoms with Gasteiger partial charge in [0, 0.05) is 26.2 Å². The van der Waals surface area contributed by atoms with Crippen molar-refractivity contribution in [2.75, 3.05) is 20.1 Å². The molecule has 0 radical (unpaired) electrons. The Balaban J connectivity index is 1.71. The first-order valence-electron chi connectivity index (χ1n) is 7.77. The molecule has 0 amide bonds. The molecule has 1 fully saturated rings. The van der Waals surface area contributed by atoms with E-state index in [9.17, 15) is 12.6 Å². The third kappa shape index (κ3) is 3.40. The summed E-state index contributed by atoms with van der Waals surface area (Å²) < 4.78 is 38.9. The van der Waals surface area contributed by atoms with Crippen LogP contribution < -0.4 is 5.32 Å². The van der Waals surface area contributed by atoms with E-state index in [0.29, 0.717) is 29.7 Å². The van der Waals surface area contributed by atoms with Crippen LogP contribution in [-0.4, -0.2) is 48.7 Å². The van der Waals surface area contributed by atoms with E-state index in [-0.39, 0.29) is 4.90 Å². The van der Waals surface area contributed by atoms with Crippen molar-refractivity contribution >= 4 is 32.1 Å². The van der Waals surface area contributed by atoms with Crippen molar-refractivity contribution in [3.8, 4) is 0 Å². The molecule has 8 heteroatoms. The second kappa shape index (κ2) is 6.80. The Morgan fingerprint density at radius 1 is 1.35 bits per heavy atom. The third-order valence-corrected chi connectivity index (χ3v) is 7.51. The van der Waals surface area contributed by atoms with Crippen LogP contribution in [0.2, 0.25) is 0 Å². The van der Waals surface area contributed by atoms with Crippen molar-refractivity contribution in [2.45, 2.75) is 41.5 Å². The molecule has 23 heavy (non-hydrogen) atoms. The SMILES string of the molecule is CN(CCNC1CCCC1)S(=O)(=O)c1cccc2c1S(=O)C=N2. The molecule has 6 nitrogen and oxygen atoms in total. The van der Waals surface area contributed by atoms with Crippen molar-refractivity contribution in [3.05, 3.63) is 18.2 Å². The fourth-order valence-electron chi connectivity index (χ4n) is 3.01. The van der Waals surface area contributed by atoms with Gasteiger partial charge in [0.25, 0.3) is 0 Å². The van der Waals surface area contributed by atoms with E-state index in [1.54, 1.807) is 19.2 Å². The highest BCUT2D eigenvalue weighted by Gasteiger charge is 2.29. The Morgan fingerprint density at radius 2 is 2.09 bits per heavy atom. The van der Waals surface area contributed by atoms with Crippen molar-refractivity contribution < 1.29 is 12.6 Å². The lowest BCUT2D eigenvalue weighted by Crippen LogP contribution is -2.37. The molecule has 1 heterocycles. The molecule has 1 N–H and O–H groups in total. The summed E-state index contributed by atoms with van der Waals surface area (Å²) in [5.41, 5.74) is 1.76. The number of likely N-dealkylation sites (N-methyl/N-ethyl adjacent to an activating group) is 1. The van der Waals surface area contributed by atoms with E-state index in [1.807, 2.05) is 0 Å². The first-order chi connectivity index (χ1) is 11.0. The molecule has 1 atom stereocenters. The molecule has 0 bridgehead atoms. The zero-order valence-corrected chi connectivity index (χ0v) is 14.7. The predicted octanol–water partition coefficient (Wildman–Crippen LogP) is 1.62. The third-order valence-electron chi connectivity index (χ3n) is 4.35. The molecule has 0 aromatic heterocycles. The molecule has 0 saturated heterocycles. The number of nitrogens with zero attached hydrogens (tertiary/aromatic N) is 2. The van der Waals surface area contributed by atoms with Crippen LogP contribution in [0, 0.1) is 0 Å². The molecule has 1 aromatic rings. The highest BCUT2D eigenvalue weighted by Crippen LogP contribution is 2.34. The molecule has 2 aliphatic rings. The minimum Gasteiger partial charge on any atom is -0.313 e. The molecular weight excluding hydrogens is 334 g/mol. The molecule has 1 unspecified atom stereocenters. The summed E-state index contributed by atoms with van der Waals surface area (Å²) in [5, 5.41) is 3.41. The van der Waals surface area contributed by atoms with Gasteiger partial charge in [0.1, 0.15) is 4.90 Å². The highest BCUT2D eigenvalue weighted by molar-refractivity contribution is 7.99. The van der Waals surface area contributed by atoms with Gasteiger partial charge in [-0.05, 0) is 25.0 Å². The quantitative estimate of drug-likeness (QED) is 0.841.